The van der Waals surface area contributed by atoms with Crippen molar-refractivity contribution < 1.29 is 14.3 Å². The van der Waals surface area contributed by atoms with Crippen molar-refractivity contribution in [1.82, 2.24) is 0 Å². The zero-order chi connectivity index (χ0) is 14.5. The molecule has 3 nitrogen and oxygen atoms in total. The summed E-state index contributed by atoms with van der Waals surface area (Å²) >= 11 is 0. The van der Waals surface area contributed by atoms with Gasteiger partial charge in [0, 0.05) is 0 Å². The monoisotopic (exact) mass is 267 g/mol. The van der Waals surface area contributed by atoms with Crippen LogP contribution in [0.4, 0.5) is 4.39 Å². The summed E-state index contributed by atoms with van der Waals surface area (Å²) in [5.41, 5.74) is 5.52. The third kappa shape index (κ3) is 5.39. The van der Waals surface area contributed by atoms with Crippen LogP contribution < -0.4 is 5.73 Å². The number of aliphatic carboxylic acids is 1. The Kier molecular flexibility index (Phi) is 5.48. The normalized spacial score (nSPS) is 15.8. The number of rotatable bonds is 7. The average Bonchev–Trinajstić information content (AvgIpc) is 2.28. The highest BCUT2D eigenvalue weighted by Crippen LogP contribution is 2.20. The first-order chi connectivity index (χ1) is 8.81. The Bertz CT molecular complexity index is 432. The van der Waals surface area contributed by atoms with Crippen LogP contribution in [0, 0.1) is 11.7 Å². The van der Waals surface area contributed by atoms with Crippen LogP contribution in [-0.4, -0.2) is 16.6 Å². The van der Waals surface area contributed by atoms with E-state index in [9.17, 15) is 9.18 Å². The first kappa shape index (κ1) is 15.6. The van der Waals surface area contributed by atoms with Crippen LogP contribution in [-0.2, 0) is 11.2 Å². The summed E-state index contributed by atoms with van der Waals surface area (Å²) in [5, 5.41) is 8.96. The molecule has 0 aliphatic carbocycles. The standard InChI is InChI=1S/C15H22FNO2/c1-11(10-15(2,17)14(18)19)5-3-6-12-7-4-8-13(16)9-12/h4,7-9,11H,3,5-6,10,17H2,1-2H3,(H,18,19). The van der Waals surface area contributed by atoms with E-state index < -0.39 is 11.5 Å². The van der Waals surface area contributed by atoms with Crippen LogP contribution >= 0.6 is 0 Å². The Morgan fingerprint density at radius 3 is 2.79 bits per heavy atom. The van der Waals surface area contributed by atoms with Crippen LogP contribution in [0.25, 0.3) is 0 Å². The molecule has 0 aliphatic heterocycles. The third-order valence-electron chi connectivity index (χ3n) is 3.31. The highest BCUT2D eigenvalue weighted by atomic mass is 19.1. The summed E-state index contributed by atoms with van der Waals surface area (Å²) in [5.74, 6) is -0.949. The number of hydrogen-bond donors (Lipinski definition) is 2. The van der Waals surface area contributed by atoms with Gasteiger partial charge in [-0.2, -0.15) is 0 Å². The lowest BCUT2D eigenvalue weighted by molar-refractivity contribution is -0.143. The second-order valence-electron chi connectivity index (χ2n) is 5.55. The van der Waals surface area contributed by atoms with Gasteiger partial charge < -0.3 is 10.8 Å². The average molecular weight is 267 g/mol. The highest BCUT2D eigenvalue weighted by Gasteiger charge is 2.29. The molecule has 0 amide bonds. The zero-order valence-corrected chi connectivity index (χ0v) is 11.5. The fraction of sp³-hybridized carbons (Fsp3) is 0.533. The Morgan fingerprint density at radius 1 is 1.53 bits per heavy atom. The molecule has 2 atom stereocenters. The van der Waals surface area contributed by atoms with Gasteiger partial charge in [-0.15, -0.1) is 0 Å². The SMILES string of the molecule is CC(CCCc1cccc(F)c1)CC(C)(N)C(=O)O. The van der Waals surface area contributed by atoms with Crippen molar-refractivity contribution in [2.45, 2.75) is 45.1 Å². The zero-order valence-electron chi connectivity index (χ0n) is 11.5. The fourth-order valence-corrected chi connectivity index (χ4v) is 2.26. The molecule has 2 unspecified atom stereocenters. The van der Waals surface area contributed by atoms with Crippen LogP contribution in [0.1, 0.15) is 38.7 Å². The molecular formula is C15H22FNO2. The maximum atomic E-state index is 13.0. The quantitative estimate of drug-likeness (QED) is 0.798. The molecule has 3 N–H and O–H groups in total. The Morgan fingerprint density at radius 2 is 2.21 bits per heavy atom. The largest absolute Gasteiger partial charge is 0.480 e. The Hall–Kier alpha value is -1.42. The van der Waals surface area contributed by atoms with E-state index in [4.69, 9.17) is 10.8 Å². The van der Waals surface area contributed by atoms with Crippen molar-refractivity contribution in [3.63, 3.8) is 0 Å². The van der Waals surface area contributed by atoms with Crippen LogP contribution in [0.2, 0.25) is 0 Å². The molecule has 1 aromatic carbocycles. The molecular weight excluding hydrogens is 245 g/mol. The van der Waals surface area contributed by atoms with Crippen molar-refractivity contribution >= 4 is 5.97 Å². The van der Waals surface area contributed by atoms with Crippen LogP contribution in [0.15, 0.2) is 24.3 Å². The van der Waals surface area contributed by atoms with Crippen molar-refractivity contribution in [2.75, 3.05) is 0 Å². The number of carboxylic acids is 1. The van der Waals surface area contributed by atoms with Gasteiger partial charge in [-0.05, 0) is 49.8 Å². The molecule has 0 aromatic heterocycles. The Labute approximate surface area is 113 Å². The van der Waals surface area contributed by atoms with E-state index in [1.807, 2.05) is 13.0 Å². The van der Waals surface area contributed by atoms with Gasteiger partial charge in [-0.25, -0.2) is 4.39 Å². The summed E-state index contributed by atoms with van der Waals surface area (Å²) in [6.07, 6.45) is 3.04. The number of carbonyl (C=O) groups is 1. The molecule has 1 rings (SSSR count). The molecule has 1 aromatic rings. The van der Waals surface area contributed by atoms with Crippen molar-refractivity contribution in [2.24, 2.45) is 11.7 Å². The van der Waals surface area contributed by atoms with E-state index in [0.29, 0.717) is 6.42 Å². The van der Waals surface area contributed by atoms with Crippen LogP contribution in [0.3, 0.4) is 0 Å². The summed E-state index contributed by atoms with van der Waals surface area (Å²) in [6.45, 7) is 3.54. The minimum absolute atomic E-state index is 0.217. The maximum Gasteiger partial charge on any atom is 0.323 e. The first-order valence-electron chi connectivity index (χ1n) is 6.58. The number of nitrogens with two attached hydrogens (primary N) is 1. The number of benzene rings is 1. The maximum absolute atomic E-state index is 13.0. The summed E-state index contributed by atoms with van der Waals surface area (Å²) < 4.78 is 13.0. The number of hydrogen-bond acceptors (Lipinski definition) is 2. The molecule has 106 valence electrons. The van der Waals surface area contributed by atoms with E-state index >= 15 is 0 Å². The summed E-state index contributed by atoms with van der Waals surface area (Å²) in [6, 6.07) is 6.57. The molecule has 0 bridgehead atoms. The van der Waals surface area contributed by atoms with E-state index in [-0.39, 0.29) is 11.7 Å². The predicted molar refractivity (Wildman–Crippen MR) is 73.3 cm³/mol. The minimum Gasteiger partial charge on any atom is -0.480 e. The van der Waals surface area contributed by atoms with Gasteiger partial charge in [0.2, 0.25) is 0 Å². The lowest BCUT2D eigenvalue weighted by atomic mass is 9.87. The van der Waals surface area contributed by atoms with Crippen molar-refractivity contribution in [3.8, 4) is 0 Å². The smallest absolute Gasteiger partial charge is 0.323 e. The lowest BCUT2D eigenvalue weighted by Gasteiger charge is -2.23. The molecule has 4 heteroatoms. The second kappa shape index (κ2) is 6.66. The molecule has 0 heterocycles. The van der Waals surface area contributed by atoms with Gasteiger partial charge in [0.05, 0.1) is 0 Å². The predicted octanol–water partition coefficient (Wildman–Crippen LogP) is 2.98. The van der Waals surface area contributed by atoms with Crippen molar-refractivity contribution in [1.29, 1.82) is 0 Å². The van der Waals surface area contributed by atoms with Crippen LogP contribution in [0.5, 0.6) is 0 Å². The molecule has 0 radical (unpaired) electrons. The summed E-state index contributed by atoms with van der Waals surface area (Å²) in [7, 11) is 0. The number of halogens is 1. The highest BCUT2D eigenvalue weighted by molar-refractivity contribution is 5.77. The molecule has 0 saturated heterocycles. The van der Waals surface area contributed by atoms with E-state index in [2.05, 4.69) is 0 Å². The summed E-state index contributed by atoms with van der Waals surface area (Å²) in [4.78, 5) is 10.9. The van der Waals surface area contributed by atoms with Gasteiger partial charge in [-0.1, -0.05) is 25.5 Å². The number of aryl methyl sites for hydroxylation is 1. The van der Waals surface area contributed by atoms with Gasteiger partial charge in [0.15, 0.2) is 0 Å². The lowest BCUT2D eigenvalue weighted by Crippen LogP contribution is -2.46. The van der Waals surface area contributed by atoms with Crippen molar-refractivity contribution in [3.05, 3.63) is 35.6 Å². The molecule has 0 aliphatic rings. The number of carboxylic acid groups (broad SMARTS) is 1. The molecule has 0 fully saturated rings. The minimum atomic E-state index is -1.17. The molecule has 19 heavy (non-hydrogen) atoms. The van der Waals surface area contributed by atoms with Gasteiger partial charge in [-0.3, -0.25) is 4.79 Å². The molecule has 0 saturated carbocycles. The van der Waals surface area contributed by atoms with E-state index in [0.717, 1.165) is 24.8 Å². The van der Waals surface area contributed by atoms with E-state index in [1.54, 1.807) is 13.0 Å². The third-order valence-corrected chi connectivity index (χ3v) is 3.31. The topological polar surface area (TPSA) is 63.3 Å². The van der Waals surface area contributed by atoms with Gasteiger partial charge >= 0.3 is 5.97 Å². The Balaban J connectivity index is 2.35. The van der Waals surface area contributed by atoms with E-state index in [1.165, 1.54) is 12.1 Å². The fourth-order valence-electron chi connectivity index (χ4n) is 2.26. The molecule has 0 spiro atoms. The second-order valence-corrected chi connectivity index (χ2v) is 5.55. The first-order valence-corrected chi connectivity index (χ1v) is 6.58. The van der Waals surface area contributed by atoms with Gasteiger partial charge in [0.25, 0.3) is 0 Å². The van der Waals surface area contributed by atoms with Gasteiger partial charge in [0.1, 0.15) is 11.4 Å².